The van der Waals surface area contributed by atoms with Crippen molar-refractivity contribution in [2.45, 2.75) is 51.2 Å². The van der Waals surface area contributed by atoms with Crippen molar-refractivity contribution in [3.05, 3.63) is 107 Å². The fourth-order valence-corrected chi connectivity index (χ4v) is 6.88. The van der Waals surface area contributed by atoms with Gasteiger partial charge in [-0.3, -0.25) is 19.4 Å². The SMILES string of the molecule is Cc1cccc(C)c1N1C(=O)[C@@H]2[C@@H](N=NN2CC(=O)N2N=C3/C(=C/c4ccccc4)CCC[C@H]3[C@H]2c2ccccc2)C1=O. The van der Waals surface area contributed by atoms with Gasteiger partial charge in [-0.2, -0.15) is 10.2 Å². The van der Waals surface area contributed by atoms with Gasteiger partial charge in [-0.25, -0.2) is 9.91 Å². The molecule has 0 unspecified atom stereocenters. The van der Waals surface area contributed by atoms with Crippen molar-refractivity contribution in [3.63, 3.8) is 0 Å². The van der Waals surface area contributed by atoms with Gasteiger partial charge in [0.1, 0.15) is 6.54 Å². The number of amides is 3. The molecule has 1 aliphatic carbocycles. The molecule has 3 aliphatic heterocycles. The van der Waals surface area contributed by atoms with E-state index < -0.39 is 23.9 Å². The molecule has 4 aliphatic rings. The summed E-state index contributed by atoms with van der Waals surface area (Å²) in [6.45, 7) is 3.53. The number of nitrogens with zero attached hydrogens (tertiary/aromatic N) is 6. The highest BCUT2D eigenvalue weighted by molar-refractivity contribution is 6.26. The highest BCUT2D eigenvalue weighted by atomic mass is 16.2. The molecule has 4 atom stereocenters. The number of fused-ring (bicyclic) bond motifs is 2. The number of hydrogen-bond donors (Lipinski definition) is 0. The van der Waals surface area contributed by atoms with Crippen LogP contribution < -0.4 is 4.90 Å². The maximum Gasteiger partial charge on any atom is 0.264 e. The number of hydrazone groups is 1. The van der Waals surface area contributed by atoms with Crippen LogP contribution >= 0.6 is 0 Å². The van der Waals surface area contributed by atoms with Crippen molar-refractivity contribution < 1.29 is 14.4 Å². The number of rotatable bonds is 5. The standard InChI is InChI=1S/C34H32N6O3/c1-21-11-9-12-22(2)30(21)39-33(42)29-32(34(39)43)38(37-35-29)20-27(41)40-31(24-15-7-4-8-16-24)26-18-10-17-25(28(26)36-40)19-23-13-5-3-6-14-23/h3-9,11-16,19,26,29,31-32H,10,17-18,20H2,1-2H3/b25-19+/t26-,29-,31-,32+/m1/s1. The molecule has 0 aromatic heterocycles. The van der Waals surface area contributed by atoms with Crippen molar-refractivity contribution in [2.75, 3.05) is 11.4 Å². The number of allylic oxidation sites excluding steroid dienone is 1. The third-order valence-electron chi connectivity index (χ3n) is 8.86. The van der Waals surface area contributed by atoms with Gasteiger partial charge in [0, 0.05) is 5.92 Å². The molecule has 43 heavy (non-hydrogen) atoms. The Kier molecular flexibility index (Phi) is 6.72. The van der Waals surface area contributed by atoms with Crippen molar-refractivity contribution >= 4 is 35.2 Å². The molecule has 2 fully saturated rings. The first kappa shape index (κ1) is 26.9. The van der Waals surface area contributed by atoms with E-state index in [4.69, 9.17) is 5.10 Å². The molecule has 3 heterocycles. The molecule has 9 heteroatoms. The Labute approximate surface area is 250 Å². The monoisotopic (exact) mass is 572 g/mol. The van der Waals surface area contributed by atoms with Gasteiger partial charge in [0.15, 0.2) is 12.1 Å². The van der Waals surface area contributed by atoms with Gasteiger partial charge < -0.3 is 0 Å². The summed E-state index contributed by atoms with van der Waals surface area (Å²) in [6.07, 6.45) is 4.98. The average molecular weight is 573 g/mol. The molecular formula is C34H32N6O3. The predicted octanol–water partition coefficient (Wildman–Crippen LogP) is 5.42. The van der Waals surface area contributed by atoms with Gasteiger partial charge in [0.25, 0.3) is 17.7 Å². The van der Waals surface area contributed by atoms with Crippen molar-refractivity contribution in [1.82, 2.24) is 10.0 Å². The van der Waals surface area contributed by atoms with E-state index in [2.05, 4.69) is 28.5 Å². The number of aryl methyl sites for hydroxylation is 2. The number of carbonyl (C=O) groups is 3. The molecule has 7 rings (SSSR count). The van der Waals surface area contributed by atoms with Crippen molar-refractivity contribution in [3.8, 4) is 0 Å². The van der Waals surface area contributed by atoms with E-state index in [9.17, 15) is 14.4 Å². The zero-order chi connectivity index (χ0) is 29.7. The summed E-state index contributed by atoms with van der Waals surface area (Å²) in [5.41, 5.74) is 6.40. The molecule has 0 N–H and O–H groups in total. The second kappa shape index (κ2) is 10.7. The largest absolute Gasteiger partial charge is 0.271 e. The predicted molar refractivity (Wildman–Crippen MR) is 163 cm³/mol. The molecule has 1 saturated carbocycles. The zero-order valence-electron chi connectivity index (χ0n) is 24.1. The first-order valence-electron chi connectivity index (χ1n) is 14.8. The van der Waals surface area contributed by atoms with Gasteiger partial charge in [0.2, 0.25) is 0 Å². The van der Waals surface area contributed by atoms with Crippen LogP contribution in [0.2, 0.25) is 0 Å². The number of hydrogen-bond acceptors (Lipinski definition) is 7. The summed E-state index contributed by atoms with van der Waals surface area (Å²) in [5, 5.41) is 16.2. The quantitative estimate of drug-likeness (QED) is 0.381. The lowest BCUT2D eigenvalue weighted by molar-refractivity contribution is -0.136. The molecule has 3 aromatic carbocycles. The third-order valence-corrected chi connectivity index (χ3v) is 8.86. The van der Waals surface area contributed by atoms with Crippen LogP contribution in [-0.4, -0.2) is 52.1 Å². The summed E-state index contributed by atoms with van der Waals surface area (Å²) >= 11 is 0. The number of carbonyl (C=O) groups excluding carboxylic acids is 3. The maximum absolute atomic E-state index is 14.1. The Morgan fingerprint density at radius 1 is 0.884 bits per heavy atom. The molecule has 1 saturated heterocycles. The van der Waals surface area contributed by atoms with E-state index in [1.165, 1.54) is 9.91 Å². The number of para-hydroxylation sites is 1. The van der Waals surface area contributed by atoms with E-state index in [1.807, 2.05) is 80.6 Å². The van der Waals surface area contributed by atoms with Gasteiger partial charge in [-0.05, 0) is 67.0 Å². The lowest BCUT2D eigenvalue weighted by Crippen LogP contribution is -2.45. The second-order valence-corrected chi connectivity index (χ2v) is 11.6. The van der Waals surface area contributed by atoms with Crippen LogP contribution in [0.5, 0.6) is 0 Å². The normalized spacial score (nSPS) is 25.4. The molecule has 0 bridgehead atoms. The van der Waals surface area contributed by atoms with Crippen LogP contribution in [0.3, 0.4) is 0 Å². The topological polar surface area (TPSA) is 98.0 Å². The smallest absolute Gasteiger partial charge is 0.264 e. The summed E-state index contributed by atoms with van der Waals surface area (Å²) < 4.78 is 0. The summed E-state index contributed by atoms with van der Waals surface area (Å²) in [7, 11) is 0. The maximum atomic E-state index is 14.1. The van der Waals surface area contributed by atoms with Crippen LogP contribution in [0.1, 0.15) is 47.6 Å². The molecule has 9 nitrogen and oxygen atoms in total. The number of benzene rings is 3. The molecule has 3 amide bonds. The van der Waals surface area contributed by atoms with E-state index in [0.29, 0.717) is 5.69 Å². The third kappa shape index (κ3) is 4.56. The molecule has 216 valence electrons. The number of imide groups is 1. The van der Waals surface area contributed by atoms with Crippen molar-refractivity contribution in [2.24, 2.45) is 21.4 Å². The lowest BCUT2D eigenvalue weighted by atomic mass is 9.77. The Morgan fingerprint density at radius 3 is 2.30 bits per heavy atom. The second-order valence-electron chi connectivity index (χ2n) is 11.6. The minimum Gasteiger partial charge on any atom is -0.271 e. The first-order valence-corrected chi connectivity index (χ1v) is 14.8. The minimum absolute atomic E-state index is 0.0530. The highest BCUT2D eigenvalue weighted by Crippen LogP contribution is 2.45. The lowest BCUT2D eigenvalue weighted by Gasteiger charge is -2.30. The number of anilines is 1. The van der Waals surface area contributed by atoms with E-state index in [-0.39, 0.29) is 24.4 Å². The van der Waals surface area contributed by atoms with Crippen LogP contribution in [0.4, 0.5) is 5.69 Å². The highest BCUT2D eigenvalue weighted by Gasteiger charge is 2.56. The van der Waals surface area contributed by atoms with Crippen LogP contribution in [0.15, 0.2) is 99.9 Å². The summed E-state index contributed by atoms with van der Waals surface area (Å²) in [5.74, 6) is -1.08. The van der Waals surface area contributed by atoms with Gasteiger partial charge in [-0.1, -0.05) is 84.1 Å². The molecule has 0 spiro atoms. The van der Waals surface area contributed by atoms with Crippen LogP contribution in [-0.2, 0) is 14.4 Å². The summed E-state index contributed by atoms with van der Waals surface area (Å²) in [4.78, 5) is 42.4. The Balaban J connectivity index is 1.19. The van der Waals surface area contributed by atoms with Gasteiger partial charge in [-0.15, -0.1) is 0 Å². The Bertz CT molecular complexity index is 1680. The van der Waals surface area contributed by atoms with E-state index in [1.54, 1.807) is 5.01 Å². The molecular weight excluding hydrogens is 540 g/mol. The van der Waals surface area contributed by atoms with Crippen molar-refractivity contribution in [1.29, 1.82) is 0 Å². The van der Waals surface area contributed by atoms with E-state index in [0.717, 1.165) is 52.8 Å². The Morgan fingerprint density at radius 2 is 1.58 bits per heavy atom. The van der Waals surface area contributed by atoms with Crippen LogP contribution in [0.25, 0.3) is 6.08 Å². The van der Waals surface area contributed by atoms with Gasteiger partial charge >= 0.3 is 0 Å². The fourth-order valence-electron chi connectivity index (χ4n) is 6.88. The Hall–Kier alpha value is -4.92. The van der Waals surface area contributed by atoms with Crippen LogP contribution in [0, 0.1) is 19.8 Å². The zero-order valence-corrected chi connectivity index (χ0v) is 24.1. The first-order chi connectivity index (χ1) is 20.9. The molecule has 0 radical (unpaired) electrons. The van der Waals surface area contributed by atoms with E-state index >= 15 is 0 Å². The average Bonchev–Trinajstić information content (AvgIpc) is 3.68. The molecule has 3 aromatic rings. The minimum atomic E-state index is -0.975. The summed E-state index contributed by atoms with van der Waals surface area (Å²) in [6, 6.07) is 23.6. The fraction of sp³-hybridized carbons (Fsp3) is 0.294. The van der Waals surface area contributed by atoms with Gasteiger partial charge in [0.05, 0.1) is 17.4 Å².